The molecule has 5 nitrogen and oxygen atoms in total. The van der Waals surface area contributed by atoms with E-state index >= 15 is 0 Å². The molecule has 1 aliphatic heterocycles. The van der Waals surface area contributed by atoms with Crippen molar-refractivity contribution in [2.45, 2.75) is 20.0 Å². The van der Waals surface area contributed by atoms with E-state index in [0.717, 1.165) is 26.2 Å². The number of likely N-dealkylation sites (N-methyl/N-ethyl adjacent to an activating group) is 1. The summed E-state index contributed by atoms with van der Waals surface area (Å²) in [5, 5.41) is 3.30. The minimum atomic E-state index is -0.196. The van der Waals surface area contributed by atoms with Crippen molar-refractivity contribution < 1.29 is 9.53 Å². The Morgan fingerprint density at radius 1 is 1.27 bits per heavy atom. The van der Waals surface area contributed by atoms with E-state index in [1.165, 1.54) is 0 Å². The molecule has 6 heteroatoms. The summed E-state index contributed by atoms with van der Waals surface area (Å²) < 4.78 is 5.61. The molecule has 0 unspecified atom stereocenters. The first-order valence-electron chi connectivity index (χ1n) is 7.51. The first-order chi connectivity index (χ1) is 10.5. The van der Waals surface area contributed by atoms with Gasteiger partial charge in [0.15, 0.2) is 5.11 Å². The van der Waals surface area contributed by atoms with Gasteiger partial charge in [0.05, 0.1) is 6.10 Å². The lowest BCUT2D eigenvalue weighted by Crippen LogP contribution is -2.51. The first-order valence-corrected chi connectivity index (χ1v) is 7.92. The van der Waals surface area contributed by atoms with E-state index in [1.807, 2.05) is 30.9 Å². The zero-order valence-electron chi connectivity index (χ0n) is 13.3. The van der Waals surface area contributed by atoms with Crippen molar-refractivity contribution in [2.24, 2.45) is 0 Å². The quantitative estimate of drug-likeness (QED) is 0.859. The SMILES string of the molecule is CC(C)Oc1cccc(C(=O)NC(=S)N2CCN(C)CC2)c1. The minimum absolute atomic E-state index is 0.0738. The number of carbonyl (C=O) groups excluding carboxylic acids is 1. The summed E-state index contributed by atoms with van der Waals surface area (Å²) in [4.78, 5) is 16.6. The maximum absolute atomic E-state index is 12.3. The summed E-state index contributed by atoms with van der Waals surface area (Å²) in [6, 6.07) is 7.15. The highest BCUT2D eigenvalue weighted by atomic mass is 32.1. The fourth-order valence-corrected chi connectivity index (χ4v) is 2.52. The van der Waals surface area contributed by atoms with Crippen LogP contribution in [0.4, 0.5) is 0 Å². The third-order valence-corrected chi connectivity index (χ3v) is 3.84. The third-order valence-electron chi connectivity index (χ3n) is 3.48. The molecule has 1 amide bonds. The van der Waals surface area contributed by atoms with Crippen LogP contribution < -0.4 is 10.1 Å². The van der Waals surface area contributed by atoms with Crippen molar-refractivity contribution in [1.82, 2.24) is 15.1 Å². The van der Waals surface area contributed by atoms with Gasteiger partial charge in [-0.3, -0.25) is 10.1 Å². The Hall–Kier alpha value is -1.66. The van der Waals surface area contributed by atoms with Crippen molar-refractivity contribution in [3.63, 3.8) is 0 Å². The fourth-order valence-electron chi connectivity index (χ4n) is 2.24. The average Bonchev–Trinajstić information content (AvgIpc) is 2.47. The number of benzene rings is 1. The van der Waals surface area contributed by atoms with Crippen molar-refractivity contribution in [2.75, 3.05) is 33.2 Å². The number of hydrogen-bond donors (Lipinski definition) is 1. The van der Waals surface area contributed by atoms with Crippen LogP contribution in [0.2, 0.25) is 0 Å². The molecular weight excluding hydrogens is 298 g/mol. The normalized spacial score (nSPS) is 15.7. The first kappa shape index (κ1) is 16.7. The molecule has 1 aliphatic rings. The van der Waals surface area contributed by atoms with Crippen molar-refractivity contribution in [3.8, 4) is 5.75 Å². The van der Waals surface area contributed by atoms with Crippen LogP contribution in [0.1, 0.15) is 24.2 Å². The van der Waals surface area contributed by atoms with Gasteiger partial charge < -0.3 is 14.5 Å². The van der Waals surface area contributed by atoms with Crippen LogP contribution in [-0.4, -0.2) is 60.2 Å². The second-order valence-electron chi connectivity index (χ2n) is 5.74. The molecule has 1 aromatic carbocycles. The second kappa shape index (κ2) is 7.56. The molecular formula is C16H23N3O2S. The molecule has 1 saturated heterocycles. The predicted molar refractivity (Wildman–Crippen MR) is 91.3 cm³/mol. The van der Waals surface area contributed by atoms with Crippen molar-refractivity contribution >= 4 is 23.2 Å². The van der Waals surface area contributed by atoms with Gasteiger partial charge in [-0.2, -0.15) is 0 Å². The van der Waals surface area contributed by atoms with Gasteiger partial charge in [-0.25, -0.2) is 0 Å². The summed E-state index contributed by atoms with van der Waals surface area (Å²) in [7, 11) is 2.08. The largest absolute Gasteiger partial charge is 0.491 e. The van der Waals surface area contributed by atoms with Crippen molar-refractivity contribution in [3.05, 3.63) is 29.8 Å². The number of nitrogens with zero attached hydrogens (tertiary/aromatic N) is 2. The monoisotopic (exact) mass is 321 g/mol. The maximum Gasteiger partial charge on any atom is 0.257 e. The number of piperazine rings is 1. The number of carbonyl (C=O) groups is 1. The number of hydrogen-bond acceptors (Lipinski definition) is 4. The summed E-state index contributed by atoms with van der Waals surface area (Å²) >= 11 is 5.34. The van der Waals surface area contributed by atoms with Crippen LogP contribution in [0.15, 0.2) is 24.3 Å². The molecule has 0 atom stereocenters. The van der Waals surface area contributed by atoms with E-state index in [1.54, 1.807) is 12.1 Å². The number of ether oxygens (including phenoxy) is 1. The van der Waals surface area contributed by atoms with Crippen LogP contribution in [0.3, 0.4) is 0 Å². The molecule has 2 rings (SSSR count). The van der Waals surface area contributed by atoms with Gasteiger partial charge in [0.2, 0.25) is 0 Å². The molecule has 0 spiro atoms. The number of amides is 1. The van der Waals surface area contributed by atoms with Crippen LogP contribution in [0.25, 0.3) is 0 Å². The molecule has 0 aliphatic carbocycles. The fraction of sp³-hybridized carbons (Fsp3) is 0.500. The van der Waals surface area contributed by atoms with Crippen LogP contribution in [-0.2, 0) is 0 Å². The summed E-state index contributed by atoms with van der Waals surface area (Å²) in [6.07, 6.45) is 0.0738. The molecule has 0 saturated carbocycles. The maximum atomic E-state index is 12.3. The molecule has 1 aromatic rings. The van der Waals surface area contributed by atoms with Crippen LogP contribution >= 0.6 is 12.2 Å². The number of rotatable bonds is 3. The molecule has 1 N–H and O–H groups in total. The number of nitrogens with one attached hydrogen (secondary N) is 1. The highest BCUT2D eigenvalue weighted by molar-refractivity contribution is 7.80. The van der Waals surface area contributed by atoms with E-state index < -0.39 is 0 Å². The molecule has 22 heavy (non-hydrogen) atoms. The molecule has 0 radical (unpaired) electrons. The molecule has 1 heterocycles. The van der Waals surface area contributed by atoms with E-state index in [2.05, 4.69) is 17.3 Å². The highest BCUT2D eigenvalue weighted by Gasteiger charge is 2.18. The Balaban J connectivity index is 1.95. The van der Waals surface area contributed by atoms with E-state index in [0.29, 0.717) is 16.4 Å². The lowest BCUT2D eigenvalue weighted by atomic mass is 10.2. The lowest BCUT2D eigenvalue weighted by molar-refractivity contribution is 0.0970. The van der Waals surface area contributed by atoms with Gasteiger partial charge in [-0.1, -0.05) is 6.07 Å². The van der Waals surface area contributed by atoms with Gasteiger partial charge in [0.1, 0.15) is 5.75 Å². The molecule has 1 fully saturated rings. The van der Waals surface area contributed by atoms with Gasteiger partial charge in [0, 0.05) is 31.7 Å². The predicted octanol–water partition coefficient (Wildman–Crippen LogP) is 1.74. The average molecular weight is 321 g/mol. The lowest BCUT2D eigenvalue weighted by Gasteiger charge is -2.33. The summed E-state index contributed by atoms with van der Waals surface area (Å²) in [6.45, 7) is 7.49. The minimum Gasteiger partial charge on any atom is -0.491 e. The zero-order chi connectivity index (χ0) is 16.1. The Bertz CT molecular complexity index is 540. The molecule has 0 bridgehead atoms. The standard InChI is InChI=1S/C16H23N3O2S/c1-12(2)21-14-6-4-5-13(11-14)15(20)17-16(22)19-9-7-18(3)8-10-19/h4-6,11-12H,7-10H2,1-3H3,(H,17,20,22). The van der Waals surface area contributed by atoms with Gasteiger partial charge in [-0.05, 0) is 51.3 Å². The van der Waals surface area contributed by atoms with E-state index in [9.17, 15) is 4.79 Å². The number of thiocarbonyl (C=S) groups is 1. The molecule has 120 valence electrons. The van der Waals surface area contributed by atoms with Gasteiger partial charge in [0.25, 0.3) is 5.91 Å². The van der Waals surface area contributed by atoms with Gasteiger partial charge >= 0.3 is 0 Å². The highest BCUT2D eigenvalue weighted by Crippen LogP contribution is 2.15. The topological polar surface area (TPSA) is 44.8 Å². The van der Waals surface area contributed by atoms with E-state index in [4.69, 9.17) is 17.0 Å². The zero-order valence-corrected chi connectivity index (χ0v) is 14.2. The summed E-state index contributed by atoms with van der Waals surface area (Å²) in [5.41, 5.74) is 0.551. The smallest absolute Gasteiger partial charge is 0.257 e. The summed E-state index contributed by atoms with van der Waals surface area (Å²) in [5.74, 6) is 0.492. The second-order valence-corrected chi connectivity index (χ2v) is 6.13. The van der Waals surface area contributed by atoms with Crippen LogP contribution in [0.5, 0.6) is 5.75 Å². The Labute approximate surface area is 137 Å². The third kappa shape index (κ3) is 4.68. The van der Waals surface area contributed by atoms with Crippen LogP contribution in [0, 0.1) is 0 Å². The molecule has 0 aromatic heterocycles. The Morgan fingerprint density at radius 2 is 1.95 bits per heavy atom. The van der Waals surface area contributed by atoms with Crippen molar-refractivity contribution in [1.29, 1.82) is 0 Å². The van der Waals surface area contributed by atoms with Gasteiger partial charge in [-0.15, -0.1) is 0 Å². The van der Waals surface area contributed by atoms with E-state index in [-0.39, 0.29) is 12.0 Å². The Morgan fingerprint density at radius 3 is 2.59 bits per heavy atom. The Kier molecular flexibility index (Phi) is 5.74.